The third-order valence-corrected chi connectivity index (χ3v) is 49.6. The smallest absolute Gasteiger partial charge is 0.338 e. The predicted octanol–water partition coefficient (Wildman–Crippen LogP) is 24.3. The van der Waals surface area contributed by atoms with Gasteiger partial charge in [0, 0.05) is 44.3 Å². The summed E-state index contributed by atoms with van der Waals surface area (Å²) < 4.78 is 36.6. The second-order valence-electron chi connectivity index (χ2n) is 39.6. The fraction of sp³-hybridized carbons (Fsp3) is 0.387. The van der Waals surface area contributed by atoms with Gasteiger partial charge in [-0.2, -0.15) is 0 Å². The Labute approximate surface area is 884 Å². The van der Waals surface area contributed by atoms with E-state index in [0.29, 0.717) is 132 Å². The molecule has 33 heteroatoms. The molecule has 3 fully saturated rings. The lowest BCUT2D eigenvalue weighted by atomic mass is 9.98. The molecule has 0 spiro atoms. The first-order chi connectivity index (χ1) is 68.5. The number of carbonyl (C=O) groups excluding carboxylic acids is 2. The molecule has 0 unspecified atom stereocenters. The minimum atomic E-state index is -2.13. The number of halogens is 6. The number of nitrogens with one attached hydrogen (secondary N) is 1. The van der Waals surface area contributed by atoms with Crippen LogP contribution in [0.3, 0.4) is 0 Å². The summed E-state index contributed by atoms with van der Waals surface area (Å²) in [5.74, 6) is 6.32. The highest BCUT2D eigenvalue weighted by Crippen LogP contribution is 2.49. The SMILES string of the molecule is C#C[Si](C(C)C)(C(C)C)C(C)C.CC(C)[Si](C#Cc1cn([C@@H]2O[C@H]([C@H](OC(=O)c3ccc(-c4ccccc4)cc3)c3ccc(Cl)cc3)[C@@H](O)[C@H]2O)c2ncnc(Cl)c12)(C(C)C)C(C)C.CNc1ncnc2c1c(C#C[Si](C(C)C)(C(C)C)C(C)C)cn2[C@@H]1O[C@H]([C@H](O)c2ccc(Cl)cc2)[C@@H](O)[C@H]1O.O=C(O[C@H](c1ccc(Cl)cc1)[C@H]1O[C@@H](n2cc(I)c3c(Cl)ncnc32)[C@H](O)[C@@H]1O)c1ccc(-c2ccccc2)cc1. The molecule has 8 N–H and O–H groups in total. The second-order valence-corrected chi connectivity index (χ2v) is 59.5. The Morgan fingerprint density at radius 2 is 0.694 bits per heavy atom. The molecule has 144 heavy (non-hydrogen) atoms. The maximum Gasteiger partial charge on any atom is 0.338 e. The van der Waals surface area contributed by atoms with Gasteiger partial charge in [-0.3, -0.25) is 0 Å². The van der Waals surface area contributed by atoms with Crippen molar-refractivity contribution >= 4 is 156 Å². The van der Waals surface area contributed by atoms with E-state index < -0.39 is 128 Å². The molecule has 3 aliphatic rings. The van der Waals surface area contributed by atoms with Crippen molar-refractivity contribution in [2.24, 2.45) is 0 Å². The number of benzene rings is 7. The number of ether oxygens (including phenoxy) is 5. The van der Waals surface area contributed by atoms with E-state index in [2.05, 4.69) is 211 Å². The van der Waals surface area contributed by atoms with Crippen LogP contribution in [0.25, 0.3) is 55.4 Å². The molecule has 9 heterocycles. The van der Waals surface area contributed by atoms with E-state index in [4.69, 9.17) is 88.1 Å². The minimum absolute atomic E-state index is 0.217. The average Bonchev–Trinajstić information content (AvgIpc) is 1.60. The second kappa shape index (κ2) is 48.0. The Bertz CT molecular complexity index is 6710. The van der Waals surface area contributed by atoms with Gasteiger partial charge in [-0.25, -0.2) is 39.5 Å². The summed E-state index contributed by atoms with van der Waals surface area (Å²) in [7, 11) is -3.85. The summed E-state index contributed by atoms with van der Waals surface area (Å²) in [5, 5.41) is 85.4. The van der Waals surface area contributed by atoms with Crippen molar-refractivity contribution in [3.05, 3.63) is 287 Å². The predicted molar refractivity (Wildman–Crippen MR) is 588 cm³/mol. The lowest BCUT2D eigenvalue weighted by Crippen LogP contribution is -2.43. The number of carbonyl (C=O) groups is 2. The molecule has 0 aliphatic carbocycles. The van der Waals surface area contributed by atoms with E-state index in [1.165, 1.54) is 19.0 Å². The third-order valence-electron chi connectivity index (χ3n) is 28.7. The van der Waals surface area contributed by atoms with Gasteiger partial charge in [0.1, 0.15) is 137 Å². The van der Waals surface area contributed by atoms with E-state index >= 15 is 0 Å². The number of hydrogen-bond donors (Lipinski definition) is 8. The first kappa shape index (κ1) is 111. The molecule has 3 aliphatic heterocycles. The van der Waals surface area contributed by atoms with Crippen LogP contribution in [0.1, 0.15) is 210 Å². The van der Waals surface area contributed by atoms with Crippen LogP contribution in [-0.4, -0.2) is 177 Å². The summed E-state index contributed by atoms with van der Waals surface area (Å²) in [6, 6.07) is 53.9. The van der Waals surface area contributed by atoms with Crippen LogP contribution in [0.2, 0.25) is 75.2 Å². The number of aromatic nitrogens is 9. The molecule has 6 aromatic heterocycles. The highest BCUT2D eigenvalue weighted by Gasteiger charge is 2.54. The molecule has 0 bridgehead atoms. The topological polar surface area (TPSA) is 326 Å². The van der Waals surface area contributed by atoms with Crippen LogP contribution in [0, 0.1) is 38.5 Å². The number of rotatable bonds is 25. The van der Waals surface area contributed by atoms with Crippen molar-refractivity contribution < 1.29 is 69.0 Å². The molecule has 3 saturated heterocycles. The lowest BCUT2D eigenvalue weighted by Gasteiger charge is -2.38. The van der Waals surface area contributed by atoms with Crippen LogP contribution >= 0.6 is 80.6 Å². The van der Waals surface area contributed by atoms with Crippen molar-refractivity contribution in [1.82, 2.24) is 43.6 Å². The van der Waals surface area contributed by atoms with Crippen LogP contribution in [-0.2, 0) is 23.7 Å². The highest BCUT2D eigenvalue weighted by molar-refractivity contribution is 14.1. The number of terminal acetylenes is 1. The number of aliphatic hydroxyl groups is 7. The van der Waals surface area contributed by atoms with Gasteiger partial charge in [0.05, 0.1) is 38.4 Å². The maximum absolute atomic E-state index is 13.7. The largest absolute Gasteiger partial charge is 0.451 e. The minimum Gasteiger partial charge on any atom is -0.451 e. The van der Waals surface area contributed by atoms with Crippen molar-refractivity contribution in [1.29, 1.82) is 0 Å². The van der Waals surface area contributed by atoms with Crippen molar-refractivity contribution in [3.63, 3.8) is 0 Å². The molecule has 15 atom stereocenters. The molecular weight excluding hydrogens is 2090 g/mol. The lowest BCUT2D eigenvalue weighted by molar-refractivity contribution is -0.0917. The first-order valence-electron chi connectivity index (χ1n) is 48.4. The third kappa shape index (κ3) is 23.2. The summed E-state index contributed by atoms with van der Waals surface area (Å²) in [5.41, 5.74) is 24.2. The Hall–Kier alpha value is -9.75. The highest BCUT2D eigenvalue weighted by atomic mass is 127. The Morgan fingerprint density at radius 1 is 0.389 bits per heavy atom. The van der Waals surface area contributed by atoms with Crippen molar-refractivity contribution in [2.75, 3.05) is 12.4 Å². The van der Waals surface area contributed by atoms with Gasteiger partial charge in [-0.15, -0.1) is 23.1 Å². The van der Waals surface area contributed by atoms with Gasteiger partial charge >= 0.3 is 11.9 Å². The first-order valence-corrected chi connectivity index (χ1v) is 58.1. The van der Waals surface area contributed by atoms with Crippen LogP contribution in [0.4, 0.5) is 5.82 Å². The van der Waals surface area contributed by atoms with Gasteiger partial charge in [0.15, 0.2) is 30.9 Å². The number of nitrogens with zero attached hydrogens (tertiary/aromatic N) is 9. The number of esters is 2. The van der Waals surface area contributed by atoms with Gasteiger partial charge in [0.2, 0.25) is 0 Å². The zero-order chi connectivity index (χ0) is 105. The monoisotopic (exact) mass is 2210 g/mol. The number of aliphatic hydroxyl groups excluding tert-OH is 7. The fourth-order valence-corrected chi connectivity index (χ4v) is 38.6. The Balaban J connectivity index is 0.000000173. The van der Waals surface area contributed by atoms with Crippen LogP contribution in [0.15, 0.2) is 220 Å². The van der Waals surface area contributed by atoms with Gasteiger partial charge in [-0.05, 0) is 172 Å². The van der Waals surface area contributed by atoms with Gasteiger partial charge in [-0.1, -0.05) is 316 Å². The number of anilines is 1. The molecular formula is C111H126Cl5IN10O14Si3. The zero-order valence-corrected chi connectivity index (χ0v) is 92.9. The zero-order valence-electron chi connectivity index (χ0n) is 84.0. The fourth-order valence-electron chi connectivity index (χ4n) is 21.4. The van der Waals surface area contributed by atoms with E-state index in [0.717, 1.165) is 36.8 Å². The molecule has 7 aromatic carbocycles. The number of hydrogen-bond acceptors (Lipinski definition) is 21. The van der Waals surface area contributed by atoms with Crippen LogP contribution in [0.5, 0.6) is 0 Å². The molecule has 0 saturated carbocycles. The van der Waals surface area contributed by atoms with Gasteiger partial charge in [0.25, 0.3) is 0 Å². The molecule has 0 radical (unpaired) electrons. The standard InChI is InChI=1S/C41H43Cl2N3O5Si.C30H22Cl2IN3O5.C29H39ClN4O4Si.C11H22Si/c1-24(2)52(25(3)4,26(5)6)21-20-31-22-46(39-33(31)38(43)44-23-45-39)40-35(48)34(47)37(50-40)36(29-16-18-32(42)19-17-29)51-41(49)30-14-12-28(13-15-30)27-10-8-7-9-11-27;31-20-12-10-18(11-13-20)25(41-30(39)19-8-6-17(7-9-19)16-4-2-1-3-5-16)26-23(37)24(38)29(40-26)36-14-21(33)22-27(32)34-15-35-28(22)36;1-16(2)39(17(3)4,18(5)6)13-12-20-14-34(28-22(20)27(31-7)32-15-33-28)29-25(37)24(36)26(38-29)23(35)19-8-10-21(30)11-9-19;1-8-12(9(2)3,10(4)5)11(6)7/h7-19,22-26,34-37,40,47-48H,1-6H3;1-15,23-26,29,37-38H;8-11,14-18,23-26,29,35-37H,1-7H3,(H,31,32,33);1,9-11H,2-7H3/t34-,35+,36+,37-,40+;23-,24+,25+,26-,29+;23-,24+,25-,26-,29-;/m001./s1. The molecule has 0 amide bonds. The maximum atomic E-state index is 13.7. The van der Waals surface area contributed by atoms with E-state index in [1.807, 2.05) is 91.1 Å². The van der Waals surface area contributed by atoms with E-state index in [9.17, 15) is 45.3 Å². The average molecular weight is 2210 g/mol. The summed E-state index contributed by atoms with van der Waals surface area (Å²) in [6.45, 7) is 40.8. The normalized spacial score (nSPS) is 20.3. The molecule has 13 aromatic rings. The van der Waals surface area contributed by atoms with E-state index in [-0.39, 0.29) is 10.3 Å². The van der Waals surface area contributed by atoms with E-state index in [1.54, 1.807) is 130 Å². The summed E-state index contributed by atoms with van der Waals surface area (Å²) >= 11 is 33.4. The number of fused-ring (bicyclic) bond motifs is 3. The molecule has 16 rings (SSSR count). The quantitative estimate of drug-likeness (QED) is 0.00866. The van der Waals surface area contributed by atoms with Crippen LogP contribution < -0.4 is 5.32 Å². The molecule has 24 nitrogen and oxygen atoms in total. The summed E-state index contributed by atoms with van der Waals surface area (Å²) in [6.07, 6.45) is -3.04. The van der Waals surface area contributed by atoms with Crippen molar-refractivity contribution in [3.8, 4) is 57.1 Å². The Kier molecular flexibility index (Phi) is 37.2. The van der Waals surface area contributed by atoms with Gasteiger partial charge < -0.3 is 78.4 Å². The summed E-state index contributed by atoms with van der Waals surface area (Å²) in [4.78, 5) is 53.0. The molecule has 758 valence electrons. The van der Waals surface area contributed by atoms with Crippen molar-refractivity contribution in [2.45, 2.75) is 266 Å². The Morgan fingerprint density at radius 3 is 1.04 bits per heavy atom.